The number of piperazine rings is 1. The molecule has 0 unspecified atom stereocenters. The molecule has 8 nitrogen and oxygen atoms in total. The van der Waals surface area contributed by atoms with E-state index in [0.29, 0.717) is 12.5 Å². The predicted octanol–water partition coefficient (Wildman–Crippen LogP) is 0.949. The van der Waals surface area contributed by atoms with Crippen LogP contribution >= 0.6 is 0 Å². The van der Waals surface area contributed by atoms with Crippen molar-refractivity contribution in [2.24, 2.45) is 0 Å². The lowest BCUT2D eigenvalue weighted by Gasteiger charge is -2.35. The number of nitrogens with zero attached hydrogens (tertiary/aromatic N) is 3. The number of nitrogens with one attached hydrogen (secondary N) is 1. The maximum Gasteiger partial charge on any atom is 0.325 e. The Balaban J connectivity index is 1.62. The third kappa shape index (κ3) is 4.01. The van der Waals surface area contributed by atoms with Crippen molar-refractivity contribution in [2.75, 3.05) is 32.8 Å². The third-order valence-corrected chi connectivity index (χ3v) is 6.78. The highest BCUT2D eigenvalue weighted by Gasteiger charge is 2.39. The molecule has 3 amide bonds. The van der Waals surface area contributed by atoms with E-state index in [-0.39, 0.29) is 38.8 Å². The molecular weight excluding hydrogens is 394 g/mol. The summed E-state index contributed by atoms with van der Waals surface area (Å²) in [5, 5.41) is 2.64. The number of benzene rings is 1. The Hall–Kier alpha value is -2.11. The van der Waals surface area contributed by atoms with Gasteiger partial charge in [0.1, 0.15) is 22.6 Å². The van der Waals surface area contributed by atoms with Crippen LogP contribution in [0, 0.1) is 11.6 Å². The summed E-state index contributed by atoms with van der Waals surface area (Å²) >= 11 is 0. The lowest BCUT2D eigenvalue weighted by Crippen LogP contribution is -2.52. The number of sulfonamides is 1. The molecule has 0 saturated carbocycles. The Bertz CT molecular complexity index is 872. The van der Waals surface area contributed by atoms with Crippen molar-refractivity contribution < 1.29 is 26.8 Å². The van der Waals surface area contributed by atoms with Crippen molar-refractivity contribution in [3.05, 3.63) is 29.8 Å². The fraction of sp³-hybridized carbons (Fsp3) is 0.529. The minimum Gasteiger partial charge on any atom is -0.326 e. The van der Waals surface area contributed by atoms with Crippen molar-refractivity contribution in [1.82, 2.24) is 19.4 Å². The van der Waals surface area contributed by atoms with E-state index in [1.165, 1.54) is 0 Å². The van der Waals surface area contributed by atoms with E-state index in [0.717, 1.165) is 27.8 Å². The molecule has 2 aliphatic heterocycles. The van der Waals surface area contributed by atoms with Crippen molar-refractivity contribution in [3.63, 3.8) is 0 Å². The van der Waals surface area contributed by atoms with Crippen molar-refractivity contribution in [3.8, 4) is 0 Å². The second-order valence-corrected chi connectivity index (χ2v) is 8.70. The maximum atomic E-state index is 13.9. The highest BCUT2D eigenvalue weighted by atomic mass is 32.2. The highest BCUT2D eigenvalue weighted by Crippen LogP contribution is 2.22. The van der Waals surface area contributed by atoms with Gasteiger partial charge >= 0.3 is 6.03 Å². The fourth-order valence-corrected chi connectivity index (χ4v) is 4.82. The largest absolute Gasteiger partial charge is 0.326 e. The average Bonchev–Trinajstić information content (AvgIpc) is 2.92. The normalized spacial score (nSPS) is 22.0. The molecule has 2 fully saturated rings. The van der Waals surface area contributed by atoms with Gasteiger partial charge in [-0.05, 0) is 24.6 Å². The molecule has 0 aromatic heterocycles. The monoisotopic (exact) mass is 416 g/mol. The number of hydrogen-bond donors (Lipinski definition) is 1. The van der Waals surface area contributed by atoms with E-state index in [9.17, 15) is 26.8 Å². The van der Waals surface area contributed by atoms with Gasteiger partial charge in [-0.25, -0.2) is 26.9 Å². The zero-order valence-electron chi connectivity index (χ0n) is 15.4. The number of halogens is 2. The van der Waals surface area contributed by atoms with Crippen molar-refractivity contribution in [2.45, 2.75) is 30.7 Å². The van der Waals surface area contributed by atoms with Gasteiger partial charge in [-0.1, -0.05) is 13.3 Å². The summed E-state index contributed by atoms with van der Waals surface area (Å²) in [5.74, 6) is -2.13. The molecular formula is C17H22F2N4O4S. The Labute approximate surface area is 162 Å². The van der Waals surface area contributed by atoms with E-state index in [2.05, 4.69) is 5.32 Å². The average molecular weight is 416 g/mol. The Morgan fingerprint density at radius 3 is 2.46 bits per heavy atom. The third-order valence-electron chi connectivity index (χ3n) is 4.87. The Morgan fingerprint density at radius 1 is 1.14 bits per heavy atom. The quantitative estimate of drug-likeness (QED) is 0.698. The molecule has 1 aromatic carbocycles. The smallest absolute Gasteiger partial charge is 0.325 e. The van der Waals surface area contributed by atoms with E-state index >= 15 is 0 Å². The molecule has 11 heteroatoms. The van der Waals surface area contributed by atoms with E-state index in [1.54, 1.807) is 4.90 Å². The standard InChI is InChI=1S/C17H22F2N4O4S/c1-2-3-14-16(24)23(17(25)20-14)11-21-6-8-22(9-7-21)28(26,27)15-10-12(18)4-5-13(15)19/h4-5,10,14H,2-3,6-9,11H2,1H3,(H,20,25)/t14-/m0/s1. The van der Waals surface area contributed by atoms with Gasteiger partial charge < -0.3 is 5.32 Å². The number of urea groups is 1. The molecule has 1 N–H and O–H groups in total. The predicted molar refractivity (Wildman–Crippen MR) is 95.6 cm³/mol. The summed E-state index contributed by atoms with van der Waals surface area (Å²) in [5.41, 5.74) is 0. The molecule has 0 bridgehead atoms. The Kier molecular flexibility index (Phi) is 5.96. The first-order valence-electron chi connectivity index (χ1n) is 9.03. The number of hydrogen-bond acceptors (Lipinski definition) is 5. The van der Waals surface area contributed by atoms with Crippen LogP contribution in [0.2, 0.25) is 0 Å². The number of rotatable bonds is 6. The van der Waals surface area contributed by atoms with Crippen LogP contribution in [0.4, 0.5) is 13.6 Å². The minimum atomic E-state index is -4.17. The topological polar surface area (TPSA) is 90.0 Å². The van der Waals surface area contributed by atoms with Gasteiger partial charge in [0.15, 0.2) is 0 Å². The summed E-state index contributed by atoms with van der Waals surface area (Å²) in [6, 6.07) is 1.33. The molecule has 1 aromatic rings. The second kappa shape index (κ2) is 8.10. The lowest BCUT2D eigenvalue weighted by atomic mass is 10.2. The van der Waals surface area contributed by atoms with Crippen LogP contribution in [-0.4, -0.2) is 73.4 Å². The molecule has 0 spiro atoms. The molecule has 0 radical (unpaired) electrons. The first-order chi connectivity index (χ1) is 13.2. The van der Waals surface area contributed by atoms with Crippen molar-refractivity contribution in [1.29, 1.82) is 0 Å². The number of amides is 3. The van der Waals surface area contributed by atoms with Crippen LogP contribution in [0.25, 0.3) is 0 Å². The van der Waals surface area contributed by atoms with Crippen LogP contribution in [0.15, 0.2) is 23.1 Å². The first kappa shape index (κ1) is 20.6. The van der Waals surface area contributed by atoms with Crippen LogP contribution < -0.4 is 5.32 Å². The SMILES string of the molecule is CCC[C@@H]1NC(=O)N(CN2CCN(S(=O)(=O)c3cc(F)ccc3F)CC2)C1=O. The first-order valence-corrected chi connectivity index (χ1v) is 10.5. The molecule has 2 aliphatic rings. The van der Waals surface area contributed by atoms with Gasteiger partial charge in [0.25, 0.3) is 5.91 Å². The molecule has 28 heavy (non-hydrogen) atoms. The molecule has 0 aliphatic carbocycles. The van der Waals surface area contributed by atoms with E-state index in [4.69, 9.17) is 0 Å². The highest BCUT2D eigenvalue weighted by molar-refractivity contribution is 7.89. The van der Waals surface area contributed by atoms with Gasteiger partial charge in [0.2, 0.25) is 10.0 Å². The van der Waals surface area contributed by atoms with Crippen molar-refractivity contribution >= 4 is 22.0 Å². The summed E-state index contributed by atoms with van der Waals surface area (Å²) in [6.07, 6.45) is 1.32. The van der Waals surface area contributed by atoms with E-state index in [1.807, 2.05) is 6.92 Å². The summed E-state index contributed by atoms with van der Waals surface area (Å²) in [4.78, 5) is 26.5. The maximum absolute atomic E-state index is 13.9. The zero-order valence-corrected chi connectivity index (χ0v) is 16.2. The summed E-state index contributed by atoms with van der Waals surface area (Å²) in [7, 11) is -4.17. The van der Waals surface area contributed by atoms with Crippen LogP contribution in [-0.2, 0) is 14.8 Å². The lowest BCUT2D eigenvalue weighted by molar-refractivity contribution is -0.129. The second-order valence-electron chi connectivity index (χ2n) is 6.80. The molecule has 3 rings (SSSR count). The summed E-state index contributed by atoms with van der Waals surface area (Å²) in [6.45, 7) is 2.58. The molecule has 1 atom stereocenters. The van der Waals surface area contributed by atoms with Gasteiger partial charge in [0, 0.05) is 26.2 Å². The van der Waals surface area contributed by atoms with Crippen LogP contribution in [0.5, 0.6) is 0 Å². The van der Waals surface area contributed by atoms with Crippen LogP contribution in [0.3, 0.4) is 0 Å². The summed E-state index contributed by atoms with van der Waals surface area (Å²) < 4.78 is 53.5. The number of carbonyl (C=O) groups is 2. The Morgan fingerprint density at radius 2 is 1.82 bits per heavy atom. The molecule has 2 saturated heterocycles. The van der Waals surface area contributed by atoms with Gasteiger partial charge in [0.05, 0.1) is 6.67 Å². The van der Waals surface area contributed by atoms with Gasteiger partial charge in [-0.3, -0.25) is 9.69 Å². The molecule has 154 valence electrons. The van der Waals surface area contributed by atoms with E-state index < -0.39 is 38.6 Å². The number of carbonyl (C=O) groups excluding carboxylic acids is 2. The number of imide groups is 1. The van der Waals surface area contributed by atoms with Gasteiger partial charge in [-0.2, -0.15) is 4.31 Å². The zero-order chi connectivity index (χ0) is 20.5. The molecule has 2 heterocycles. The minimum absolute atomic E-state index is 0.0420. The van der Waals surface area contributed by atoms with Crippen LogP contribution in [0.1, 0.15) is 19.8 Å². The fourth-order valence-electron chi connectivity index (χ4n) is 3.32. The van der Waals surface area contributed by atoms with Gasteiger partial charge in [-0.15, -0.1) is 0 Å².